The van der Waals surface area contributed by atoms with Gasteiger partial charge in [-0.3, -0.25) is 0 Å². The fourth-order valence-electron chi connectivity index (χ4n) is 0. The third kappa shape index (κ3) is 884. The molecule has 0 rings (SSSR count). The topological polar surface area (TPSA) is 110 Å². The maximum atomic E-state index is 7.62. The largest absolute Gasteiger partial charge is 0.631 e. The molecule has 0 amide bonds. The molecule has 0 aromatic heterocycles. The zero-order valence-electron chi connectivity index (χ0n) is 6.64. The van der Waals surface area contributed by atoms with E-state index in [-0.39, 0.29) is 13.2 Å². The van der Waals surface area contributed by atoms with Crippen molar-refractivity contribution in [1.82, 2.24) is 0 Å². The predicted molar refractivity (Wildman–Crippen MR) is 39.5 cm³/mol. The van der Waals surface area contributed by atoms with Crippen molar-refractivity contribution in [3.63, 3.8) is 0 Å². The summed E-state index contributed by atoms with van der Waals surface area (Å²) in [5.41, 5.74) is 0. The van der Waals surface area contributed by atoms with Crippen LogP contribution in [0.25, 0.3) is 0 Å². The van der Waals surface area contributed by atoms with Crippen molar-refractivity contribution in [3.8, 4) is 0 Å². The van der Waals surface area contributed by atoms with Crippen molar-refractivity contribution in [2.24, 2.45) is 0 Å². The Morgan fingerprint density at radius 3 is 1.09 bits per heavy atom. The molecule has 70 valence electrons. The first-order valence-corrected chi connectivity index (χ1v) is 2.72. The summed E-state index contributed by atoms with van der Waals surface area (Å²) in [7, 11) is 1.08. The summed E-state index contributed by atoms with van der Waals surface area (Å²) in [5.74, 6) is 0. The molecule has 0 aliphatic rings. The molecular weight excluding hydrogens is 155 g/mol. The summed E-state index contributed by atoms with van der Waals surface area (Å²) in [6.45, 7) is -0.250. The molecule has 0 saturated heterocycles. The number of rotatable bonds is 1. The molecule has 0 fully saturated rings. The van der Waals surface area contributed by atoms with Gasteiger partial charge in [0.05, 0.1) is 13.2 Å². The highest BCUT2D eigenvalue weighted by atomic mass is 16.5. The quantitative estimate of drug-likeness (QED) is 0.271. The van der Waals surface area contributed by atoms with Gasteiger partial charge in [0.25, 0.3) is 0 Å². The van der Waals surface area contributed by atoms with E-state index in [1.807, 2.05) is 0 Å². The van der Waals surface area contributed by atoms with Crippen molar-refractivity contribution in [2.45, 2.75) is 0 Å². The van der Waals surface area contributed by atoms with E-state index in [4.69, 9.17) is 25.3 Å². The standard InChI is InChI=1S/C2H6O2.C2H6O.BH3O3/c3-1-2-4;1-3-2;2-1(3)4/h3-4H,1-2H2;1-2H3;2-4H. The minimum Gasteiger partial charge on any atom is -0.402 e. The van der Waals surface area contributed by atoms with E-state index < -0.39 is 7.32 Å². The van der Waals surface area contributed by atoms with Crippen molar-refractivity contribution in [2.75, 3.05) is 27.4 Å². The van der Waals surface area contributed by atoms with Gasteiger partial charge in [-0.25, -0.2) is 0 Å². The van der Waals surface area contributed by atoms with Gasteiger partial charge in [-0.15, -0.1) is 0 Å². The molecule has 11 heavy (non-hydrogen) atoms. The molecule has 0 radical (unpaired) electrons. The van der Waals surface area contributed by atoms with Gasteiger partial charge in [-0.1, -0.05) is 0 Å². The fraction of sp³-hybridized carbons (Fsp3) is 1.00. The van der Waals surface area contributed by atoms with Gasteiger partial charge < -0.3 is 30.0 Å². The molecule has 0 aromatic carbocycles. The number of ether oxygens (including phenoxy) is 1. The molecule has 0 unspecified atom stereocenters. The molecule has 0 atom stereocenters. The van der Waals surface area contributed by atoms with Crippen LogP contribution >= 0.6 is 0 Å². The predicted octanol–water partition coefficient (Wildman–Crippen LogP) is -2.82. The maximum Gasteiger partial charge on any atom is 0.631 e. The molecular formula is C4H15BO6. The summed E-state index contributed by atoms with van der Waals surface area (Å²) >= 11 is 0. The van der Waals surface area contributed by atoms with Gasteiger partial charge in [0.15, 0.2) is 0 Å². The van der Waals surface area contributed by atoms with E-state index in [0.29, 0.717) is 0 Å². The molecule has 5 N–H and O–H groups in total. The maximum absolute atomic E-state index is 7.62. The minimum absolute atomic E-state index is 0.125. The third-order valence-corrected chi connectivity index (χ3v) is 0.1000. The second-order valence-electron chi connectivity index (χ2n) is 1.20. The highest BCUT2D eigenvalue weighted by Crippen LogP contribution is 1.40. The Labute approximate surface area is 65.9 Å². The number of methoxy groups -OCH3 is 1. The molecule has 0 aromatic rings. The Hall–Kier alpha value is -0.175. The minimum atomic E-state index is -2.17. The smallest absolute Gasteiger partial charge is 0.402 e. The summed E-state index contributed by atoms with van der Waals surface area (Å²) in [6.07, 6.45) is 0. The van der Waals surface area contributed by atoms with Crippen LogP contribution < -0.4 is 0 Å². The van der Waals surface area contributed by atoms with E-state index in [1.54, 1.807) is 14.2 Å². The van der Waals surface area contributed by atoms with Crippen LogP contribution in [0, 0.1) is 0 Å². The third-order valence-electron chi connectivity index (χ3n) is 0.1000. The van der Waals surface area contributed by atoms with Crippen LogP contribution in [0.5, 0.6) is 0 Å². The number of hydrogen-bond donors (Lipinski definition) is 5. The number of aliphatic hydroxyl groups is 2. The van der Waals surface area contributed by atoms with E-state index in [1.165, 1.54) is 0 Å². The normalized spacial score (nSPS) is 6.82. The first-order chi connectivity index (χ1) is 5.06. The number of hydrogen-bond acceptors (Lipinski definition) is 6. The van der Waals surface area contributed by atoms with Crippen LogP contribution in [-0.2, 0) is 4.74 Å². The van der Waals surface area contributed by atoms with E-state index in [0.717, 1.165) is 0 Å². The van der Waals surface area contributed by atoms with Gasteiger partial charge in [0.1, 0.15) is 0 Å². The Morgan fingerprint density at radius 2 is 1.09 bits per heavy atom. The van der Waals surface area contributed by atoms with Crippen LogP contribution in [0.3, 0.4) is 0 Å². The second kappa shape index (κ2) is 22.6. The summed E-state index contributed by atoms with van der Waals surface area (Å²) < 4.78 is 4.25. The molecule has 0 aliphatic heterocycles. The zero-order chi connectivity index (χ0) is 9.70. The Morgan fingerprint density at radius 1 is 1.00 bits per heavy atom. The van der Waals surface area contributed by atoms with Crippen LogP contribution in [-0.4, -0.2) is 60.0 Å². The number of aliphatic hydroxyl groups excluding tert-OH is 2. The van der Waals surface area contributed by atoms with Crippen molar-refractivity contribution in [3.05, 3.63) is 0 Å². The lowest BCUT2D eigenvalue weighted by molar-refractivity contribution is 0.186. The first kappa shape index (κ1) is 17.1. The average Bonchev–Trinajstić information content (AvgIpc) is 1.88. The zero-order valence-corrected chi connectivity index (χ0v) is 6.64. The van der Waals surface area contributed by atoms with Gasteiger partial charge >= 0.3 is 7.32 Å². The van der Waals surface area contributed by atoms with Gasteiger partial charge in [-0.05, 0) is 0 Å². The van der Waals surface area contributed by atoms with Crippen LogP contribution in [0.2, 0.25) is 0 Å². The fourth-order valence-corrected chi connectivity index (χ4v) is 0. The molecule has 0 heterocycles. The second-order valence-corrected chi connectivity index (χ2v) is 1.20. The average molecular weight is 170 g/mol. The molecule has 0 saturated carbocycles. The molecule has 6 nitrogen and oxygen atoms in total. The van der Waals surface area contributed by atoms with Crippen LogP contribution in [0.15, 0.2) is 0 Å². The molecule has 0 aliphatic carbocycles. The van der Waals surface area contributed by atoms with Crippen molar-refractivity contribution >= 4 is 7.32 Å². The van der Waals surface area contributed by atoms with Crippen LogP contribution in [0.1, 0.15) is 0 Å². The van der Waals surface area contributed by atoms with E-state index in [9.17, 15) is 0 Å². The SMILES string of the molecule is COC.OB(O)O.OCCO. The van der Waals surface area contributed by atoms with Gasteiger partial charge in [-0.2, -0.15) is 0 Å². The first-order valence-electron chi connectivity index (χ1n) is 2.72. The lowest BCUT2D eigenvalue weighted by atomic mass is 10.3. The molecule has 0 bridgehead atoms. The lowest BCUT2D eigenvalue weighted by Crippen LogP contribution is -2.07. The highest BCUT2D eigenvalue weighted by molar-refractivity contribution is 6.30. The summed E-state index contributed by atoms with van der Waals surface area (Å²) in [5, 5.41) is 36.8. The van der Waals surface area contributed by atoms with Crippen molar-refractivity contribution in [1.29, 1.82) is 0 Å². The monoisotopic (exact) mass is 170 g/mol. The summed E-state index contributed by atoms with van der Waals surface area (Å²) in [6, 6.07) is 0. The van der Waals surface area contributed by atoms with Crippen molar-refractivity contribution < 1.29 is 30.0 Å². The van der Waals surface area contributed by atoms with E-state index in [2.05, 4.69) is 4.74 Å². The summed E-state index contributed by atoms with van der Waals surface area (Å²) in [4.78, 5) is 0. The van der Waals surface area contributed by atoms with Gasteiger partial charge in [0, 0.05) is 14.2 Å². The Kier molecular flexibility index (Phi) is 35.0. The lowest BCUT2D eigenvalue weighted by Gasteiger charge is -1.70. The van der Waals surface area contributed by atoms with E-state index >= 15 is 0 Å². The molecule has 0 spiro atoms. The Bertz CT molecular complexity index is 38.8. The molecule has 7 heteroatoms. The Balaban J connectivity index is -0.0000000886. The van der Waals surface area contributed by atoms with Crippen LogP contribution in [0.4, 0.5) is 0 Å². The highest BCUT2D eigenvalue weighted by Gasteiger charge is 1.92. The van der Waals surface area contributed by atoms with Gasteiger partial charge in [0.2, 0.25) is 0 Å².